The summed E-state index contributed by atoms with van der Waals surface area (Å²) in [7, 11) is 1.63. The van der Waals surface area contributed by atoms with Gasteiger partial charge in [-0.3, -0.25) is 0 Å². The molecule has 0 aliphatic carbocycles. The lowest BCUT2D eigenvalue weighted by atomic mass is 10.1. The van der Waals surface area contributed by atoms with Crippen LogP contribution in [0.25, 0.3) is 22.8 Å². The maximum Gasteiger partial charge on any atom is 0.258 e. The molecule has 100 valence electrons. The van der Waals surface area contributed by atoms with Crippen molar-refractivity contribution >= 4 is 0 Å². The molecule has 0 aliphatic rings. The Balaban J connectivity index is 1.97. The molecule has 0 atom stereocenters. The molecular weight excluding hydrogens is 252 g/mol. The van der Waals surface area contributed by atoms with E-state index < -0.39 is 0 Å². The van der Waals surface area contributed by atoms with Crippen molar-refractivity contribution in [2.45, 2.75) is 6.92 Å². The van der Waals surface area contributed by atoms with Gasteiger partial charge in [0.1, 0.15) is 5.75 Å². The summed E-state index contributed by atoms with van der Waals surface area (Å²) in [6.07, 6.45) is 0. The van der Waals surface area contributed by atoms with E-state index in [2.05, 4.69) is 10.1 Å². The van der Waals surface area contributed by atoms with Crippen LogP contribution in [0.15, 0.2) is 53.1 Å². The largest absolute Gasteiger partial charge is 0.497 e. The van der Waals surface area contributed by atoms with Crippen LogP contribution in [0.5, 0.6) is 5.75 Å². The standard InChI is InChI=1S/C16H14N2O2/c1-11-5-3-6-12(9-11)15-17-16(20-18-15)13-7-4-8-14(10-13)19-2/h3-10H,1-2H3. The maximum absolute atomic E-state index is 5.33. The molecule has 4 nitrogen and oxygen atoms in total. The minimum Gasteiger partial charge on any atom is -0.497 e. The predicted octanol–water partition coefficient (Wildman–Crippen LogP) is 3.72. The smallest absolute Gasteiger partial charge is 0.258 e. The average molecular weight is 266 g/mol. The molecule has 0 N–H and O–H groups in total. The molecule has 0 saturated heterocycles. The molecule has 0 spiro atoms. The highest BCUT2D eigenvalue weighted by atomic mass is 16.5. The van der Waals surface area contributed by atoms with Crippen LogP contribution in [0, 0.1) is 6.92 Å². The van der Waals surface area contributed by atoms with Gasteiger partial charge in [0.25, 0.3) is 5.89 Å². The first-order valence-electron chi connectivity index (χ1n) is 6.31. The third-order valence-corrected chi connectivity index (χ3v) is 3.02. The summed E-state index contributed by atoms with van der Waals surface area (Å²) < 4.78 is 10.5. The molecular formula is C16H14N2O2. The molecule has 1 aromatic heterocycles. The molecule has 20 heavy (non-hydrogen) atoms. The summed E-state index contributed by atoms with van der Waals surface area (Å²) in [5.41, 5.74) is 2.95. The highest BCUT2D eigenvalue weighted by molar-refractivity contribution is 5.61. The molecule has 0 aliphatic heterocycles. The molecule has 0 saturated carbocycles. The quantitative estimate of drug-likeness (QED) is 0.725. The second kappa shape index (κ2) is 5.17. The summed E-state index contributed by atoms with van der Waals surface area (Å²) in [6.45, 7) is 2.03. The Hall–Kier alpha value is -2.62. The van der Waals surface area contributed by atoms with E-state index in [1.54, 1.807) is 7.11 Å². The summed E-state index contributed by atoms with van der Waals surface area (Å²) in [5, 5.41) is 4.03. The molecule has 0 amide bonds. The minimum atomic E-state index is 0.486. The monoisotopic (exact) mass is 266 g/mol. The summed E-state index contributed by atoms with van der Waals surface area (Å²) in [5.74, 6) is 1.84. The molecule has 0 bridgehead atoms. The van der Waals surface area contributed by atoms with E-state index in [4.69, 9.17) is 9.26 Å². The van der Waals surface area contributed by atoms with Crippen LogP contribution < -0.4 is 4.74 Å². The van der Waals surface area contributed by atoms with Crippen LogP contribution in [0.4, 0.5) is 0 Å². The topological polar surface area (TPSA) is 48.2 Å². The fourth-order valence-corrected chi connectivity index (χ4v) is 2.00. The van der Waals surface area contributed by atoms with Gasteiger partial charge in [0.05, 0.1) is 7.11 Å². The number of methoxy groups -OCH3 is 1. The maximum atomic E-state index is 5.33. The van der Waals surface area contributed by atoms with Gasteiger partial charge < -0.3 is 9.26 Å². The first-order valence-corrected chi connectivity index (χ1v) is 6.31. The summed E-state index contributed by atoms with van der Waals surface area (Å²) in [6, 6.07) is 15.6. The van der Waals surface area contributed by atoms with Gasteiger partial charge in [-0.05, 0) is 31.2 Å². The molecule has 3 rings (SSSR count). The van der Waals surface area contributed by atoms with Crippen molar-refractivity contribution in [3.63, 3.8) is 0 Å². The number of benzene rings is 2. The lowest BCUT2D eigenvalue weighted by Crippen LogP contribution is -1.84. The number of aryl methyl sites for hydroxylation is 1. The number of rotatable bonds is 3. The van der Waals surface area contributed by atoms with Crippen molar-refractivity contribution in [2.24, 2.45) is 0 Å². The van der Waals surface area contributed by atoms with E-state index in [-0.39, 0.29) is 0 Å². The van der Waals surface area contributed by atoms with Crippen molar-refractivity contribution < 1.29 is 9.26 Å². The minimum absolute atomic E-state index is 0.486. The van der Waals surface area contributed by atoms with Crippen molar-refractivity contribution in [3.05, 3.63) is 54.1 Å². The number of hydrogen-bond acceptors (Lipinski definition) is 4. The van der Waals surface area contributed by atoms with Crippen molar-refractivity contribution in [1.29, 1.82) is 0 Å². The Bertz CT molecular complexity index is 735. The predicted molar refractivity (Wildman–Crippen MR) is 76.5 cm³/mol. The normalized spacial score (nSPS) is 10.5. The van der Waals surface area contributed by atoms with Crippen LogP contribution in [0.3, 0.4) is 0 Å². The zero-order chi connectivity index (χ0) is 13.9. The zero-order valence-electron chi connectivity index (χ0n) is 11.3. The van der Waals surface area contributed by atoms with Gasteiger partial charge in [-0.25, -0.2) is 0 Å². The second-order valence-electron chi connectivity index (χ2n) is 4.52. The van der Waals surface area contributed by atoms with Crippen LogP contribution in [-0.4, -0.2) is 17.3 Å². The molecule has 0 unspecified atom stereocenters. The highest BCUT2D eigenvalue weighted by Gasteiger charge is 2.11. The first kappa shape index (κ1) is 12.4. The van der Waals surface area contributed by atoms with Gasteiger partial charge in [0, 0.05) is 11.1 Å². The summed E-state index contributed by atoms with van der Waals surface area (Å²) in [4.78, 5) is 4.43. The van der Waals surface area contributed by atoms with Crippen LogP contribution >= 0.6 is 0 Å². The number of aromatic nitrogens is 2. The number of ether oxygens (including phenoxy) is 1. The van der Waals surface area contributed by atoms with Crippen LogP contribution in [0.2, 0.25) is 0 Å². The van der Waals surface area contributed by atoms with E-state index in [0.29, 0.717) is 11.7 Å². The molecule has 0 radical (unpaired) electrons. The Morgan fingerprint density at radius 3 is 2.60 bits per heavy atom. The van der Waals surface area contributed by atoms with Crippen molar-refractivity contribution in [2.75, 3.05) is 7.11 Å². The van der Waals surface area contributed by atoms with Gasteiger partial charge in [-0.2, -0.15) is 4.98 Å². The van der Waals surface area contributed by atoms with Crippen molar-refractivity contribution in [1.82, 2.24) is 10.1 Å². The van der Waals surface area contributed by atoms with Gasteiger partial charge in [-0.15, -0.1) is 0 Å². The third-order valence-electron chi connectivity index (χ3n) is 3.02. The van der Waals surface area contributed by atoms with Gasteiger partial charge >= 0.3 is 0 Å². The number of nitrogens with zero attached hydrogens (tertiary/aromatic N) is 2. The lowest BCUT2D eigenvalue weighted by molar-refractivity contribution is 0.413. The second-order valence-corrected chi connectivity index (χ2v) is 4.52. The molecule has 3 aromatic rings. The molecule has 2 aromatic carbocycles. The van der Waals surface area contributed by atoms with E-state index in [0.717, 1.165) is 22.4 Å². The zero-order valence-corrected chi connectivity index (χ0v) is 11.3. The molecule has 4 heteroatoms. The highest BCUT2D eigenvalue weighted by Crippen LogP contribution is 2.25. The Labute approximate surface area is 117 Å². The summed E-state index contributed by atoms with van der Waals surface area (Å²) >= 11 is 0. The SMILES string of the molecule is COc1cccc(-c2nc(-c3cccc(C)c3)no2)c1. The van der Waals surface area contributed by atoms with E-state index in [1.165, 1.54) is 0 Å². The molecule has 0 fully saturated rings. The Morgan fingerprint density at radius 2 is 1.80 bits per heavy atom. The van der Waals surface area contributed by atoms with E-state index >= 15 is 0 Å². The van der Waals surface area contributed by atoms with Gasteiger partial charge in [-0.1, -0.05) is 35.0 Å². The van der Waals surface area contributed by atoms with Gasteiger partial charge in [0.2, 0.25) is 5.82 Å². The molecule has 1 heterocycles. The first-order chi connectivity index (χ1) is 9.76. The third kappa shape index (κ3) is 2.40. The average Bonchev–Trinajstić information content (AvgIpc) is 2.97. The Kier molecular flexibility index (Phi) is 3.21. The van der Waals surface area contributed by atoms with Gasteiger partial charge in [0.15, 0.2) is 0 Å². The van der Waals surface area contributed by atoms with Crippen LogP contribution in [0.1, 0.15) is 5.56 Å². The van der Waals surface area contributed by atoms with Crippen molar-refractivity contribution in [3.8, 4) is 28.6 Å². The fraction of sp³-hybridized carbons (Fsp3) is 0.125. The van der Waals surface area contributed by atoms with Crippen LogP contribution in [-0.2, 0) is 0 Å². The lowest BCUT2D eigenvalue weighted by Gasteiger charge is -1.99. The van der Waals surface area contributed by atoms with E-state index in [1.807, 2.05) is 55.5 Å². The Morgan fingerprint density at radius 1 is 1.00 bits per heavy atom. The number of hydrogen-bond donors (Lipinski definition) is 0. The fourth-order valence-electron chi connectivity index (χ4n) is 2.00. The van der Waals surface area contributed by atoms with E-state index in [9.17, 15) is 0 Å².